The van der Waals surface area contributed by atoms with E-state index in [1.807, 2.05) is 6.92 Å². The van der Waals surface area contributed by atoms with Gasteiger partial charge in [0.25, 0.3) is 10.2 Å². The van der Waals surface area contributed by atoms with Gasteiger partial charge >= 0.3 is 0 Å². The molecule has 84 valence electrons. The Morgan fingerprint density at radius 3 is 2.21 bits per heavy atom. The van der Waals surface area contributed by atoms with Gasteiger partial charge in [-0.1, -0.05) is 6.92 Å². The summed E-state index contributed by atoms with van der Waals surface area (Å²) in [5.74, 6) is 0.608. The first-order valence-electron chi connectivity index (χ1n) is 5.16. The summed E-state index contributed by atoms with van der Waals surface area (Å²) < 4.78 is 26.6. The maximum Gasteiger partial charge on any atom is 0.281 e. The number of hydrogen-bond acceptors (Lipinski definition) is 2. The van der Waals surface area contributed by atoms with E-state index in [2.05, 4.69) is 0 Å². The Morgan fingerprint density at radius 1 is 1.29 bits per heavy atom. The zero-order valence-corrected chi connectivity index (χ0v) is 10.0. The van der Waals surface area contributed by atoms with Gasteiger partial charge in [0.05, 0.1) is 0 Å². The van der Waals surface area contributed by atoms with Gasteiger partial charge in [0.15, 0.2) is 0 Å². The number of nitrogens with zero attached hydrogens (tertiary/aromatic N) is 2. The Hall–Kier alpha value is -0.130. The van der Waals surface area contributed by atoms with Crippen LogP contribution in [0.3, 0.4) is 0 Å². The molecule has 0 saturated heterocycles. The summed E-state index contributed by atoms with van der Waals surface area (Å²) in [6.07, 6.45) is 3.24. The molecule has 0 bridgehead atoms. The second kappa shape index (κ2) is 4.59. The summed E-state index contributed by atoms with van der Waals surface area (Å²) in [5, 5.41) is 0. The zero-order chi connectivity index (χ0) is 10.8. The quantitative estimate of drug-likeness (QED) is 0.667. The highest BCUT2D eigenvalue weighted by Crippen LogP contribution is 2.30. The predicted molar refractivity (Wildman–Crippen MR) is 57.2 cm³/mol. The molecule has 0 unspecified atom stereocenters. The van der Waals surface area contributed by atoms with Crippen LogP contribution in [0.15, 0.2) is 0 Å². The van der Waals surface area contributed by atoms with E-state index in [4.69, 9.17) is 0 Å². The van der Waals surface area contributed by atoms with Crippen molar-refractivity contribution >= 4 is 10.2 Å². The molecule has 0 aliphatic heterocycles. The van der Waals surface area contributed by atoms with E-state index in [0.29, 0.717) is 19.0 Å². The van der Waals surface area contributed by atoms with E-state index in [-0.39, 0.29) is 0 Å². The van der Waals surface area contributed by atoms with Crippen LogP contribution in [0.4, 0.5) is 0 Å². The maximum absolute atomic E-state index is 11.8. The molecule has 0 spiro atoms. The van der Waals surface area contributed by atoms with Crippen LogP contribution < -0.4 is 0 Å². The van der Waals surface area contributed by atoms with Crippen LogP contribution in [-0.4, -0.2) is 44.2 Å². The van der Waals surface area contributed by atoms with Gasteiger partial charge in [-0.25, -0.2) is 0 Å². The van der Waals surface area contributed by atoms with E-state index in [9.17, 15) is 8.42 Å². The molecular weight excluding hydrogens is 200 g/mol. The van der Waals surface area contributed by atoms with Gasteiger partial charge in [-0.05, 0) is 25.2 Å². The van der Waals surface area contributed by atoms with E-state index < -0.39 is 10.2 Å². The molecule has 0 heterocycles. The minimum atomic E-state index is -3.19. The molecule has 1 aliphatic carbocycles. The fraction of sp³-hybridized carbons (Fsp3) is 1.00. The number of rotatable bonds is 6. The molecule has 0 amide bonds. The molecule has 0 atom stereocenters. The first kappa shape index (κ1) is 11.9. The molecule has 1 saturated carbocycles. The van der Waals surface area contributed by atoms with Gasteiger partial charge < -0.3 is 0 Å². The summed E-state index contributed by atoms with van der Waals surface area (Å²) in [5.41, 5.74) is 0. The molecule has 1 fully saturated rings. The fourth-order valence-electron chi connectivity index (χ4n) is 1.37. The van der Waals surface area contributed by atoms with E-state index in [1.165, 1.54) is 17.1 Å². The van der Waals surface area contributed by atoms with Crippen LogP contribution in [0.5, 0.6) is 0 Å². The van der Waals surface area contributed by atoms with Gasteiger partial charge in [0, 0.05) is 27.2 Å². The van der Waals surface area contributed by atoms with Crippen molar-refractivity contribution < 1.29 is 8.42 Å². The van der Waals surface area contributed by atoms with E-state index >= 15 is 0 Å². The lowest BCUT2D eigenvalue weighted by molar-refractivity contribution is 0.363. The monoisotopic (exact) mass is 220 g/mol. The molecular formula is C9H20N2O2S. The second-order valence-corrected chi connectivity index (χ2v) is 6.23. The van der Waals surface area contributed by atoms with Crippen LogP contribution in [0, 0.1) is 5.92 Å². The Morgan fingerprint density at radius 2 is 1.86 bits per heavy atom. The molecule has 4 nitrogen and oxygen atoms in total. The molecule has 1 rings (SSSR count). The lowest BCUT2D eigenvalue weighted by Crippen LogP contribution is -2.41. The summed E-state index contributed by atoms with van der Waals surface area (Å²) in [4.78, 5) is 0. The van der Waals surface area contributed by atoms with Gasteiger partial charge in [-0.15, -0.1) is 0 Å². The van der Waals surface area contributed by atoms with E-state index in [1.54, 1.807) is 18.4 Å². The lowest BCUT2D eigenvalue weighted by atomic mass is 10.4. The van der Waals surface area contributed by atoms with Crippen molar-refractivity contribution in [2.45, 2.75) is 26.2 Å². The highest BCUT2D eigenvalue weighted by Gasteiger charge is 2.31. The third kappa shape index (κ3) is 2.93. The minimum absolute atomic E-state index is 0.608. The van der Waals surface area contributed by atoms with Crippen molar-refractivity contribution in [3.05, 3.63) is 0 Å². The standard InChI is InChI=1S/C9H20N2O2S/c1-4-7-11(8-9-5-6-9)14(12,13)10(2)3/h9H,4-8H2,1-3H3. The Labute approximate surface area is 87.1 Å². The third-order valence-electron chi connectivity index (χ3n) is 2.42. The van der Waals surface area contributed by atoms with Crippen molar-refractivity contribution in [2.75, 3.05) is 27.2 Å². The Bertz CT molecular complexity index is 271. The van der Waals surface area contributed by atoms with Crippen LogP contribution in [0.25, 0.3) is 0 Å². The molecule has 0 aromatic heterocycles. The van der Waals surface area contributed by atoms with Crippen molar-refractivity contribution in [1.82, 2.24) is 8.61 Å². The van der Waals surface area contributed by atoms with Crippen LogP contribution in [0.2, 0.25) is 0 Å². The first-order valence-corrected chi connectivity index (χ1v) is 6.55. The lowest BCUT2D eigenvalue weighted by Gasteiger charge is -2.24. The summed E-state index contributed by atoms with van der Waals surface area (Å²) in [7, 11) is -0.0132. The van der Waals surface area contributed by atoms with Crippen LogP contribution >= 0.6 is 0 Å². The summed E-state index contributed by atoms with van der Waals surface area (Å²) >= 11 is 0. The van der Waals surface area contributed by atoms with Crippen LogP contribution in [0.1, 0.15) is 26.2 Å². The normalized spacial score (nSPS) is 18.1. The average Bonchev–Trinajstić information content (AvgIpc) is 2.87. The van der Waals surface area contributed by atoms with Gasteiger partial charge in [-0.2, -0.15) is 17.0 Å². The predicted octanol–water partition coefficient (Wildman–Crippen LogP) is 0.915. The van der Waals surface area contributed by atoms with Crippen molar-refractivity contribution in [1.29, 1.82) is 0 Å². The fourth-order valence-corrected chi connectivity index (χ4v) is 2.64. The SMILES string of the molecule is CCCN(CC1CC1)S(=O)(=O)N(C)C. The topological polar surface area (TPSA) is 40.6 Å². The molecule has 0 aromatic carbocycles. The third-order valence-corrected chi connectivity index (χ3v) is 4.33. The van der Waals surface area contributed by atoms with Crippen LogP contribution in [-0.2, 0) is 10.2 Å². The smallest absolute Gasteiger partial charge is 0.195 e. The zero-order valence-electron chi connectivity index (χ0n) is 9.23. The molecule has 14 heavy (non-hydrogen) atoms. The molecule has 1 aliphatic rings. The maximum atomic E-state index is 11.8. The highest BCUT2D eigenvalue weighted by atomic mass is 32.2. The number of hydrogen-bond donors (Lipinski definition) is 0. The summed E-state index contributed by atoms with van der Waals surface area (Å²) in [6.45, 7) is 3.34. The van der Waals surface area contributed by atoms with E-state index in [0.717, 1.165) is 6.42 Å². The first-order chi connectivity index (χ1) is 6.48. The largest absolute Gasteiger partial charge is 0.281 e. The van der Waals surface area contributed by atoms with Crippen molar-refractivity contribution in [3.8, 4) is 0 Å². The molecule has 0 N–H and O–H groups in total. The highest BCUT2D eigenvalue weighted by molar-refractivity contribution is 7.86. The van der Waals surface area contributed by atoms with Gasteiger partial charge in [-0.3, -0.25) is 0 Å². The molecule has 0 aromatic rings. The second-order valence-electron chi connectivity index (χ2n) is 4.09. The van der Waals surface area contributed by atoms with Gasteiger partial charge in [0.1, 0.15) is 0 Å². The van der Waals surface area contributed by atoms with Crippen molar-refractivity contribution in [2.24, 2.45) is 5.92 Å². The summed E-state index contributed by atoms with van der Waals surface area (Å²) in [6, 6.07) is 0. The average molecular weight is 220 g/mol. The molecule has 5 heteroatoms. The minimum Gasteiger partial charge on any atom is -0.195 e. The molecule has 0 radical (unpaired) electrons. The Balaban J connectivity index is 2.64. The van der Waals surface area contributed by atoms with Crippen molar-refractivity contribution in [3.63, 3.8) is 0 Å². The van der Waals surface area contributed by atoms with Gasteiger partial charge in [0.2, 0.25) is 0 Å². The Kier molecular flexibility index (Phi) is 3.92.